The van der Waals surface area contributed by atoms with Gasteiger partial charge in [0.05, 0.1) is 0 Å². The second-order valence-corrected chi connectivity index (χ2v) is 5.74. The highest BCUT2D eigenvalue weighted by Gasteiger charge is 2.15. The summed E-state index contributed by atoms with van der Waals surface area (Å²) in [5.41, 5.74) is 0. The normalized spacial score (nSPS) is 19.0. The number of hydrogen-bond donors (Lipinski definition) is 1. The topological polar surface area (TPSA) is 21.3 Å². The molecule has 0 aromatic rings. The molecule has 0 bridgehead atoms. The van der Waals surface area contributed by atoms with E-state index in [0.29, 0.717) is 6.04 Å². The van der Waals surface area contributed by atoms with E-state index in [0.717, 1.165) is 32.1 Å². The quantitative estimate of drug-likeness (QED) is 0.592. The predicted octanol–water partition coefficient (Wildman–Crippen LogP) is 4.14. The minimum absolute atomic E-state index is 0.675. The van der Waals surface area contributed by atoms with Crippen molar-refractivity contribution in [3.63, 3.8) is 0 Å². The second kappa shape index (κ2) is 10.8. The SMILES string of the molecule is CCCOCCC(CCC1CCCCC1)NCC. The first-order valence-corrected chi connectivity index (χ1v) is 8.18. The number of nitrogens with one attached hydrogen (secondary N) is 1. The standard InChI is InChI=1S/C16H33NO/c1-3-13-18-14-12-16(17-4-2)11-10-15-8-6-5-7-9-15/h15-17H,3-14H2,1-2H3. The van der Waals surface area contributed by atoms with E-state index in [9.17, 15) is 0 Å². The van der Waals surface area contributed by atoms with Crippen molar-refractivity contribution in [1.82, 2.24) is 5.32 Å². The zero-order chi connectivity index (χ0) is 13.1. The smallest absolute Gasteiger partial charge is 0.0480 e. The molecule has 0 saturated heterocycles. The molecule has 0 spiro atoms. The van der Waals surface area contributed by atoms with Crippen LogP contribution in [-0.4, -0.2) is 25.8 Å². The maximum absolute atomic E-state index is 5.61. The van der Waals surface area contributed by atoms with Crippen molar-refractivity contribution in [3.05, 3.63) is 0 Å². The highest BCUT2D eigenvalue weighted by molar-refractivity contribution is 4.71. The van der Waals surface area contributed by atoms with Gasteiger partial charge in [0.15, 0.2) is 0 Å². The lowest BCUT2D eigenvalue weighted by molar-refractivity contribution is 0.122. The molecule has 1 saturated carbocycles. The van der Waals surface area contributed by atoms with E-state index >= 15 is 0 Å². The summed E-state index contributed by atoms with van der Waals surface area (Å²) < 4.78 is 5.61. The molecule has 0 radical (unpaired) electrons. The van der Waals surface area contributed by atoms with E-state index in [4.69, 9.17) is 4.74 Å². The van der Waals surface area contributed by atoms with Crippen molar-refractivity contribution < 1.29 is 4.74 Å². The Kier molecular flexibility index (Phi) is 9.59. The van der Waals surface area contributed by atoms with Gasteiger partial charge in [0, 0.05) is 19.3 Å². The van der Waals surface area contributed by atoms with E-state index in [2.05, 4.69) is 19.2 Å². The van der Waals surface area contributed by atoms with Crippen LogP contribution in [0.3, 0.4) is 0 Å². The predicted molar refractivity (Wildman–Crippen MR) is 79.0 cm³/mol. The molecule has 0 heterocycles. The highest BCUT2D eigenvalue weighted by atomic mass is 16.5. The largest absolute Gasteiger partial charge is 0.381 e. The summed E-state index contributed by atoms with van der Waals surface area (Å²) >= 11 is 0. The van der Waals surface area contributed by atoms with Gasteiger partial charge in [-0.1, -0.05) is 46.0 Å². The minimum atomic E-state index is 0.675. The summed E-state index contributed by atoms with van der Waals surface area (Å²) in [6, 6.07) is 0.675. The van der Waals surface area contributed by atoms with Crippen LogP contribution < -0.4 is 5.32 Å². The number of rotatable bonds is 10. The average molecular weight is 255 g/mol. The number of ether oxygens (including phenoxy) is 1. The van der Waals surface area contributed by atoms with Crippen molar-refractivity contribution in [2.45, 2.75) is 77.7 Å². The first-order valence-electron chi connectivity index (χ1n) is 8.18. The molecule has 1 unspecified atom stereocenters. The monoisotopic (exact) mass is 255 g/mol. The van der Waals surface area contributed by atoms with Crippen molar-refractivity contribution >= 4 is 0 Å². The number of hydrogen-bond acceptors (Lipinski definition) is 2. The van der Waals surface area contributed by atoms with E-state index in [1.54, 1.807) is 0 Å². The molecule has 1 rings (SSSR count). The summed E-state index contributed by atoms with van der Waals surface area (Å²) in [6.07, 6.45) is 12.4. The van der Waals surface area contributed by atoms with Gasteiger partial charge >= 0.3 is 0 Å². The molecule has 0 aromatic carbocycles. The Labute approximate surface area is 114 Å². The molecule has 1 fully saturated rings. The van der Waals surface area contributed by atoms with Crippen LogP contribution in [0.5, 0.6) is 0 Å². The van der Waals surface area contributed by atoms with Gasteiger partial charge in [0.1, 0.15) is 0 Å². The van der Waals surface area contributed by atoms with Crippen LogP contribution >= 0.6 is 0 Å². The van der Waals surface area contributed by atoms with Crippen LogP contribution in [0.15, 0.2) is 0 Å². The lowest BCUT2D eigenvalue weighted by atomic mass is 9.85. The van der Waals surface area contributed by atoms with Crippen LogP contribution in [0.4, 0.5) is 0 Å². The van der Waals surface area contributed by atoms with Crippen molar-refractivity contribution in [1.29, 1.82) is 0 Å². The summed E-state index contributed by atoms with van der Waals surface area (Å²) in [6.45, 7) is 7.31. The Bertz CT molecular complexity index is 178. The Morgan fingerprint density at radius 2 is 1.83 bits per heavy atom. The van der Waals surface area contributed by atoms with Crippen LogP contribution in [0.1, 0.15) is 71.6 Å². The second-order valence-electron chi connectivity index (χ2n) is 5.74. The molecule has 108 valence electrons. The Morgan fingerprint density at radius 3 is 2.50 bits per heavy atom. The lowest BCUT2D eigenvalue weighted by Crippen LogP contribution is -2.31. The van der Waals surface area contributed by atoms with Crippen molar-refractivity contribution in [2.24, 2.45) is 5.92 Å². The third-order valence-electron chi connectivity index (χ3n) is 4.10. The molecule has 2 heteroatoms. The van der Waals surface area contributed by atoms with Gasteiger partial charge in [-0.2, -0.15) is 0 Å². The molecular weight excluding hydrogens is 222 g/mol. The van der Waals surface area contributed by atoms with Gasteiger partial charge in [-0.15, -0.1) is 0 Å². The highest BCUT2D eigenvalue weighted by Crippen LogP contribution is 2.27. The summed E-state index contributed by atoms with van der Waals surface area (Å²) in [5.74, 6) is 1.01. The fraction of sp³-hybridized carbons (Fsp3) is 1.00. The van der Waals surface area contributed by atoms with E-state index in [-0.39, 0.29) is 0 Å². The van der Waals surface area contributed by atoms with Crippen LogP contribution in [0.2, 0.25) is 0 Å². The molecule has 1 aliphatic carbocycles. The lowest BCUT2D eigenvalue weighted by Gasteiger charge is -2.24. The molecular formula is C16H33NO. The van der Waals surface area contributed by atoms with Gasteiger partial charge in [-0.05, 0) is 38.1 Å². The van der Waals surface area contributed by atoms with Crippen LogP contribution in [0.25, 0.3) is 0 Å². The third kappa shape index (κ3) is 7.38. The summed E-state index contributed by atoms with van der Waals surface area (Å²) in [5, 5.41) is 3.62. The molecule has 0 amide bonds. The van der Waals surface area contributed by atoms with Gasteiger partial charge < -0.3 is 10.1 Å². The fourth-order valence-electron chi connectivity index (χ4n) is 3.02. The first-order chi connectivity index (χ1) is 8.86. The van der Waals surface area contributed by atoms with Gasteiger partial charge in [-0.25, -0.2) is 0 Å². The Morgan fingerprint density at radius 1 is 1.06 bits per heavy atom. The van der Waals surface area contributed by atoms with E-state index in [1.165, 1.54) is 51.4 Å². The van der Waals surface area contributed by atoms with Crippen LogP contribution in [0, 0.1) is 5.92 Å². The molecule has 1 aliphatic rings. The molecule has 1 N–H and O–H groups in total. The Balaban J connectivity index is 2.11. The van der Waals surface area contributed by atoms with Crippen LogP contribution in [-0.2, 0) is 4.74 Å². The van der Waals surface area contributed by atoms with Gasteiger partial charge in [0.25, 0.3) is 0 Å². The van der Waals surface area contributed by atoms with E-state index < -0.39 is 0 Å². The molecule has 0 aromatic heterocycles. The Hall–Kier alpha value is -0.0800. The zero-order valence-corrected chi connectivity index (χ0v) is 12.5. The molecule has 2 nitrogen and oxygen atoms in total. The zero-order valence-electron chi connectivity index (χ0n) is 12.5. The molecule has 18 heavy (non-hydrogen) atoms. The molecule has 0 aliphatic heterocycles. The van der Waals surface area contributed by atoms with Gasteiger partial charge in [-0.3, -0.25) is 0 Å². The van der Waals surface area contributed by atoms with Gasteiger partial charge in [0.2, 0.25) is 0 Å². The summed E-state index contributed by atoms with van der Waals surface area (Å²) in [7, 11) is 0. The minimum Gasteiger partial charge on any atom is -0.381 e. The third-order valence-corrected chi connectivity index (χ3v) is 4.10. The average Bonchev–Trinajstić information content (AvgIpc) is 2.42. The van der Waals surface area contributed by atoms with E-state index in [1.807, 2.05) is 0 Å². The maximum atomic E-state index is 5.61. The summed E-state index contributed by atoms with van der Waals surface area (Å²) in [4.78, 5) is 0. The van der Waals surface area contributed by atoms with Crippen molar-refractivity contribution in [3.8, 4) is 0 Å². The first kappa shape index (κ1) is 16.0. The maximum Gasteiger partial charge on any atom is 0.0480 e. The fourth-order valence-corrected chi connectivity index (χ4v) is 3.02. The van der Waals surface area contributed by atoms with Crippen molar-refractivity contribution in [2.75, 3.05) is 19.8 Å². The molecule has 1 atom stereocenters.